The second-order valence-electron chi connectivity index (χ2n) is 4.07. The molecule has 0 amide bonds. The lowest BCUT2D eigenvalue weighted by Gasteiger charge is -2.25. The maximum atomic E-state index is 4.04. The lowest BCUT2D eigenvalue weighted by Crippen LogP contribution is -2.38. The molecule has 0 saturated carbocycles. The maximum Gasteiger partial charge on any atom is 0.0444 e. The Balaban J connectivity index is 2.14. The SMILES string of the molecule is C=C(C)N1C2CC[C@H]1C[C@H]2NC. The van der Waals surface area contributed by atoms with Crippen molar-refractivity contribution in [2.75, 3.05) is 7.05 Å². The highest BCUT2D eigenvalue weighted by molar-refractivity contribution is 5.11. The number of hydrogen-bond acceptors (Lipinski definition) is 2. The molecule has 2 bridgehead atoms. The molecule has 0 aliphatic carbocycles. The highest BCUT2D eigenvalue weighted by Crippen LogP contribution is 2.39. The molecule has 2 rings (SSSR count). The van der Waals surface area contributed by atoms with Gasteiger partial charge in [0.1, 0.15) is 0 Å². The minimum atomic E-state index is 0.709. The molecule has 3 atom stereocenters. The van der Waals surface area contributed by atoms with E-state index in [0.717, 1.165) is 12.1 Å². The summed E-state index contributed by atoms with van der Waals surface area (Å²) in [6.07, 6.45) is 4.03. The average Bonchev–Trinajstić information content (AvgIpc) is 2.59. The third-order valence-corrected chi connectivity index (χ3v) is 3.35. The van der Waals surface area contributed by atoms with Gasteiger partial charge < -0.3 is 10.2 Å². The normalized spacial score (nSPS) is 39.2. The van der Waals surface area contributed by atoms with E-state index in [1.54, 1.807) is 0 Å². The fourth-order valence-corrected chi connectivity index (χ4v) is 2.89. The molecular formula is C10H18N2. The van der Waals surface area contributed by atoms with Crippen LogP contribution in [0.2, 0.25) is 0 Å². The number of allylic oxidation sites excluding steroid dienone is 1. The van der Waals surface area contributed by atoms with Gasteiger partial charge in [0.15, 0.2) is 0 Å². The van der Waals surface area contributed by atoms with Gasteiger partial charge in [-0.3, -0.25) is 0 Å². The molecule has 1 unspecified atom stereocenters. The van der Waals surface area contributed by atoms with Crippen molar-refractivity contribution in [1.82, 2.24) is 10.2 Å². The van der Waals surface area contributed by atoms with E-state index < -0.39 is 0 Å². The van der Waals surface area contributed by atoms with Crippen LogP contribution in [-0.4, -0.2) is 30.1 Å². The van der Waals surface area contributed by atoms with E-state index in [2.05, 4.69) is 30.8 Å². The van der Waals surface area contributed by atoms with E-state index in [1.807, 2.05) is 0 Å². The molecule has 2 fully saturated rings. The molecule has 0 radical (unpaired) electrons. The van der Waals surface area contributed by atoms with E-state index >= 15 is 0 Å². The molecule has 2 aliphatic rings. The Labute approximate surface area is 74.6 Å². The number of fused-ring (bicyclic) bond motifs is 2. The molecule has 2 heteroatoms. The molecule has 0 aromatic carbocycles. The quantitative estimate of drug-likeness (QED) is 0.666. The van der Waals surface area contributed by atoms with Crippen molar-refractivity contribution >= 4 is 0 Å². The first kappa shape index (κ1) is 8.11. The van der Waals surface area contributed by atoms with Crippen LogP contribution in [0.1, 0.15) is 26.2 Å². The van der Waals surface area contributed by atoms with E-state index in [0.29, 0.717) is 6.04 Å². The first-order chi connectivity index (χ1) is 5.74. The topological polar surface area (TPSA) is 15.3 Å². The molecule has 1 N–H and O–H groups in total. The third-order valence-electron chi connectivity index (χ3n) is 3.35. The lowest BCUT2D eigenvalue weighted by molar-refractivity contribution is 0.312. The summed E-state index contributed by atoms with van der Waals surface area (Å²) in [6, 6.07) is 2.22. The second kappa shape index (κ2) is 2.77. The number of rotatable bonds is 2. The fourth-order valence-electron chi connectivity index (χ4n) is 2.89. The third kappa shape index (κ3) is 0.977. The van der Waals surface area contributed by atoms with Crippen molar-refractivity contribution in [3.8, 4) is 0 Å². The lowest BCUT2D eigenvalue weighted by atomic mass is 9.96. The van der Waals surface area contributed by atoms with Crippen LogP contribution >= 0.6 is 0 Å². The molecular weight excluding hydrogens is 148 g/mol. The van der Waals surface area contributed by atoms with Crippen LogP contribution in [0.25, 0.3) is 0 Å². The summed E-state index contributed by atoms with van der Waals surface area (Å²) in [4.78, 5) is 2.52. The smallest absolute Gasteiger partial charge is 0.0444 e. The summed E-state index contributed by atoms with van der Waals surface area (Å²) in [7, 11) is 2.07. The summed E-state index contributed by atoms with van der Waals surface area (Å²) < 4.78 is 0. The summed E-state index contributed by atoms with van der Waals surface area (Å²) in [5.74, 6) is 0. The minimum absolute atomic E-state index is 0.709. The summed E-state index contributed by atoms with van der Waals surface area (Å²) in [5.41, 5.74) is 1.25. The van der Waals surface area contributed by atoms with E-state index in [4.69, 9.17) is 0 Å². The standard InChI is InChI=1S/C10H18N2/c1-7(2)12-8-4-5-10(12)9(6-8)11-3/h8-11H,1,4-6H2,2-3H3/t8-,9+,10?/m0/s1. The zero-order valence-electron chi connectivity index (χ0n) is 8.01. The van der Waals surface area contributed by atoms with Gasteiger partial charge in [-0.15, -0.1) is 0 Å². The molecule has 2 nitrogen and oxygen atoms in total. The van der Waals surface area contributed by atoms with Crippen molar-refractivity contribution in [3.63, 3.8) is 0 Å². The van der Waals surface area contributed by atoms with Crippen LogP contribution in [0.4, 0.5) is 0 Å². The van der Waals surface area contributed by atoms with Crippen LogP contribution in [0.3, 0.4) is 0 Å². The van der Waals surface area contributed by atoms with Crippen LogP contribution < -0.4 is 5.32 Å². The average molecular weight is 166 g/mol. The van der Waals surface area contributed by atoms with Gasteiger partial charge in [0.25, 0.3) is 0 Å². The Morgan fingerprint density at radius 2 is 2.25 bits per heavy atom. The zero-order chi connectivity index (χ0) is 8.72. The van der Waals surface area contributed by atoms with Crippen molar-refractivity contribution in [2.24, 2.45) is 0 Å². The Hall–Kier alpha value is -0.500. The Bertz CT molecular complexity index is 200. The summed E-state index contributed by atoms with van der Waals surface area (Å²) in [5, 5.41) is 3.40. The van der Waals surface area contributed by atoms with Gasteiger partial charge in [0, 0.05) is 23.8 Å². The van der Waals surface area contributed by atoms with E-state index in [-0.39, 0.29) is 0 Å². The van der Waals surface area contributed by atoms with Gasteiger partial charge in [-0.25, -0.2) is 0 Å². The first-order valence-corrected chi connectivity index (χ1v) is 4.85. The predicted molar refractivity (Wildman–Crippen MR) is 50.9 cm³/mol. The first-order valence-electron chi connectivity index (χ1n) is 4.85. The highest BCUT2D eigenvalue weighted by atomic mass is 15.3. The van der Waals surface area contributed by atoms with Gasteiger partial charge in [0.05, 0.1) is 0 Å². The van der Waals surface area contributed by atoms with Crippen molar-refractivity contribution in [2.45, 2.75) is 44.3 Å². The van der Waals surface area contributed by atoms with Crippen LogP contribution in [0.5, 0.6) is 0 Å². The highest BCUT2D eigenvalue weighted by Gasteiger charge is 2.44. The van der Waals surface area contributed by atoms with Crippen LogP contribution in [0, 0.1) is 0 Å². The second-order valence-corrected chi connectivity index (χ2v) is 4.07. The molecule has 12 heavy (non-hydrogen) atoms. The molecule has 0 aromatic heterocycles. The van der Waals surface area contributed by atoms with E-state index in [9.17, 15) is 0 Å². The molecule has 0 aromatic rings. The van der Waals surface area contributed by atoms with Crippen molar-refractivity contribution in [3.05, 3.63) is 12.3 Å². The Morgan fingerprint density at radius 1 is 1.50 bits per heavy atom. The minimum Gasteiger partial charge on any atom is -0.368 e. The molecule has 2 heterocycles. The van der Waals surface area contributed by atoms with Gasteiger partial charge >= 0.3 is 0 Å². The zero-order valence-corrected chi connectivity index (χ0v) is 8.01. The van der Waals surface area contributed by atoms with Crippen molar-refractivity contribution < 1.29 is 0 Å². The van der Waals surface area contributed by atoms with Gasteiger partial charge in [-0.1, -0.05) is 6.58 Å². The van der Waals surface area contributed by atoms with Crippen LogP contribution in [-0.2, 0) is 0 Å². The van der Waals surface area contributed by atoms with Gasteiger partial charge in [-0.05, 0) is 33.2 Å². The molecule has 2 saturated heterocycles. The van der Waals surface area contributed by atoms with E-state index in [1.165, 1.54) is 25.0 Å². The van der Waals surface area contributed by atoms with Gasteiger partial charge in [0.2, 0.25) is 0 Å². The fraction of sp³-hybridized carbons (Fsp3) is 0.800. The summed E-state index contributed by atoms with van der Waals surface area (Å²) in [6.45, 7) is 6.17. The maximum absolute atomic E-state index is 4.04. The number of nitrogens with zero attached hydrogens (tertiary/aromatic N) is 1. The van der Waals surface area contributed by atoms with Gasteiger partial charge in [-0.2, -0.15) is 0 Å². The predicted octanol–water partition coefficient (Wildman–Crippen LogP) is 1.34. The molecule has 68 valence electrons. The Morgan fingerprint density at radius 3 is 2.67 bits per heavy atom. The largest absolute Gasteiger partial charge is 0.368 e. The number of hydrogen-bond donors (Lipinski definition) is 1. The Kier molecular flexibility index (Phi) is 1.87. The van der Waals surface area contributed by atoms with Crippen molar-refractivity contribution in [1.29, 1.82) is 0 Å². The summed E-state index contributed by atoms with van der Waals surface area (Å²) >= 11 is 0. The number of nitrogens with one attached hydrogen (secondary N) is 1. The number of likely N-dealkylation sites (N-methyl/N-ethyl adjacent to an activating group) is 1. The molecule has 2 aliphatic heterocycles. The van der Waals surface area contributed by atoms with Crippen LogP contribution in [0.15, 0.2) is 12.3 Å². The molecule has 0 spiro atoms. The monoisotopic (exact) mass is 166 g/mol.